The molecule has 1 heterocycles. The molecular formula is C18H28N3O4S+. The molecule has 0 fully saturated rings. The predicted octanol–water partition coefficient (Wildman–Crippen LogP) is 1.16. The number of hydrogen-bond donors (Lipinski definition) is 0. The van der Waals surface area contributed by atoms with Gasteiger partial charge in [-0.2, -0.15) is 4.31 Å². The van der Waals surface area contributed by atoms with Crippen LogP contribution in [0.4, 0.5) is 0 Å². The van der Waals surface area contributed by atoms with Gasteiger partial charge in [-0.1, -0.05) is 12.1 Å². The summed E-state index contributed by atoms with van der Waals surface area (Å²) in [6.07, 6.45) is 0.135. The van der Waals surface area contributed by atoms with E-state index in [9.17, 15) is 18.0 Å². The maximum absolute atomic E-state index is 12.9. The summed E-state index contributed by atoms with van der Waals surface area (Å²) in [7, 11) is -0.320. The summed E-state index contributed by atoms with van der Waals surface area (Å²) >= 11 is 0. The minimum Gasteiger partial charge on any atom is -0.326 e. The fraction of sp³-hybridized carbons (Fsp3) is 0.556. The lowest BCUT2D eigenvalue weighted by Crippen LogP contribution is -2.56. The minimum atomic E-state index is -3.81. The average molecular weight is 383 g/mol. The van der Waals surface area contributed by atoms with Crippen LogP contribution in [0.3, 0.4) is 0 Å². The number of carbonyl (C=O) groups is 2. The molecule has 1 unspecified atom stereocenters. The molecule has 1 amide bonds. The predicted molar refractivity (Wildman–Crippen MR) is 99.0 cm³/mol. The standard InChI is InChI=1S/C18H28N3O4S/c1-5-21(4,6-2)13-9-12-20(14-22)18-17(23)15-10-7-8-11-16(15)26(24,25)19(18)3/h7-8,10-11,14,18H,5-6,9,12-13H2,1-4H3/q+1. The number of sulfonamides is 1. The van der Waals surface area contributed by atoms with Gasteiger partial charge < -0.3 is 9.38 Å². The number of rotatable bonds is 8. The molecular weight excluding hydrogens is 354 g/mol. The van der Waals surface area contributed by atoms with Crippen molar-refractivity contribution in [1.29, 1.82) is 0 Å². The third-order valence-corrected chi connectivity index (χ3v) is 7.35. The maximum Gasteiger partial charge on any atom is 0.245 e. The van der Waals surface area contributed by atoms with Crippen LogP contribution in [0.1, 0.15) is 30.6 Å². The van der Waals surface area contributed by atoms with Crippen molar-refractivity contribution >= 4 is 22.2 Å². The summed E-state index contributed by atoms with van der Waals surface area (Å²) in [5, 5.41) is 0. The summed E-state index contributed by atoms with van der Waals surface area (Å²) in [5.41, 5.74) is 0.144. The van der Waals surface area contributed by atoms with E-state index in [1.165, 1.54) is 24.1 Å². The van der Waals surface area contributed by atoms with Gasteiger partial charge in [0.2, 0.25) is 22.2 Å². The highest BCUT2D eigenvalue weighted by molar-refractivity contribution is 7.89. The molecule has 0 spiro atoms. The second-order valence-electron chi connectivity index (χ2n) is 6.93. The van der Waals surface area contributed by atoms with Gasteiger partial charge in [0.05, 0.1) is 31.6 Å². The zero-order valence-corrected chi connectivity index (χ0v) is 16.7. The minimum absolute atomic E-state index is 0.00388. The first kappa shape index (κ1) is 20.5. The lowest BCUT2D eigenvalue weighted by molar-refractivity contribution is -0.906. The summed E-state index contributed by atoms with van der Waals surface area (Å²) in [5.74, 6) is -0.367. The Kier molecular flexibility index (Phi) is 6.21. The molecule has 0 N–H and O–H groups in total. The monoisotopic (exact) mass is 382 g/mol. The second kappa shape index (κ2) is 7.85. The molecule has 144 valence electrons. The number of likely N-dealkylation sites (N-methyl/N-ethyl adjacent to an activating group) is 1. The number of nitrogens with zero attached hydrogens (tertiary/aromatic N) is 3. The summed E-state index contributed by atoms with van der Waals surface area (Å²) < 4.78 is 27.3. The number of benzene rings is 1. The average Bonchev–Trinajstić information content (AvgIpc) is 2.65. The van der Waals surface area contributed by atoms with E-state index in [0.29, 0.717) is 19.4 Å². The molecule has 0 radical (unpaired) electrons. The molecule has 0 aromatic heterocycles. The van der Waals surface area contributed by atoms with E-state index in [1.807, 2.05) is 0 Å². The highest BCUT2D eigenvalue weighted by atomic mass is 32.2. The van der Waals surface area contributed by atoms with E-state index < -0.39 is 16.2 Å². The lowest BCUT2D eigenvalue weighted by atomic mass is 10.1. The van der Waals surface area contributed by atoms with Gasteiger partial charge in [0, 0.05) is 25.6 Å². The molecule has 1 aromatic carbocycles. The van der Waals surface area contributed by atoms with Crippen LogP contribution in [0.5, 0.6) is 0 Å². The normalized spacial score (nSPS) is 19.8. The van der Waals surface area contributed by atoms with Crippen molar-refractivity contribution < 1.29 is 22.5 Å². The molecule has 0 saturated heterocycles. The number of ketones is 1. The molecule has 0 saturated carbocycles. The van der Waals surface area contributed by atoms with E-state index in [4.69, 9.17) is 0 Å². The van der Waals surface area contributed by atoms with Crippen molar-refractivity contribution in [2.75, 3.05) is 40.3 Å². The number of fused-ring (bicyclic) bond motifs is 1. The molecule has 1 atom stereocenters. The van der Waals surface area contributed by atoms with E-state index in [1.54, 1.807) is 12.1 Å². The quantitative estimate of drug-likeness (QED) is 0.500. The number of amides is 1. The van der Waals surface area contributed by atoms with Crippen LogP contribution in [0.25, 0.3) is 0 Å². The highest BCUT2D eigenvalue weighted by Gasteiger charge is 2.44. The van der Waals surface area contributed by atoms with Crippen molar-refractivity contribution in [3.05, 3.63) is 29.8 Å². The Balaban J connectivity index is 2.25. The Morgan fingerprint density at radius 3 is 2.42 bits per heavy atom. The maximum atomic E-state index is 12.9. The smallest absolute Gasteiger partial charge is 0.245 e. The van der Waals surface area contributed by atoms with Gasteiger partial charge in [-0.25, -0.2) is 8.42 Å². The van der Waals surface area contributed by atoms with Crippen molar-refractivity contribution in [1.82, 2.24) is 9.21 Å². The Bertz CT molecular complexity index is 774. The zero-order valence-electron chi connectivity index (χ0n) is 15.9. The van der Waals surface area contributed by atoms with Gasteiger partial charge >= 0.3 is 0 Å². The van der Waals surface area contributed by atoms with Crippen molar-refractivity contribution in [2.24, 2.45) is 0 Å². The van der Waals surface area contributed by atoms with Crippen LogP contribution >= 0.6 is 0 Å². The van der Waals surface area contributed by atoms with Gasteiger partial charge in [-0.3, -0.25) is 9.59 Å². The van der Waals surface area contributed by atoms with Crippen molar-refractivity contribution in [2.45, 2.75) is 31.3 Å². The van der Waals surface area contributed by atoms with E-state index >= 15 is 0 Å². The van der Waals surface area contributed by atoms with Crippen LogP contribution < -0.4 is 0 Å². The topological polar surface area (TPSA) is 74.8 Å². The second-order valence-corrected chi connectivity index (χ2v) is 8.89. The summed E-state index contributed by atoms with van der Waals surface area (Å²) in [6.45, 7) is 7.36. The Morgan fingerprint density at radius 2 is 1.85 bits per heavy atom. The molecule has 0 aliphatic carbocycles. The molecule has 2 rings (SSSR count). The highest BCUT2D eigenvalue weighted by Crippen LogP contribution is 2.29. The zero-order chi connectivity index (χ0) is 19.5. The van der Waals surface area contributed by atoms with Crippen LogP contribution in [0.15, 0.2) is 29.2 Å². The summed E-state index contributed by atoms with van der Waals surface area (Å²) in [6, 6.07) is 6.14. The number of hydrogen-bond acceptors (Lipinski definition) is 4. The first-order valence-corrected chi connectivity index (χ1v) is 10.3. The molecule has 1 aliphatic rings. The lowest BCUT2D eigenvalue weighted by Gasteiger charge is -2.38. The largest absolute Gasteiger partial charge is 0.326 e. The number of carbonyl (C=O) groups excluding carboxylic acids is 2. The number of Topliss-reactive ketones (excluding diaryl/α,β-unsaturated/α-hetero) is 1. The molecule has 1 aromatic rings. The van der Waals surface area contributed by atoms with E-state index in [-0.39, 0.29) is 16.2 Å². The fourth-order valence-corrected chi connectivity index (χ4v) is 4.74. The van der Waals surface area contributed by atoms with Gasteiger partial charge in [-0.05, 0) is 26.0 Å². The number of quaternary nitrogens is 1. The first-order valence-electron chi connectivity index (χ1n) is 8.87. The van der Waals surface area contributed by atoms with Crippen molar-refractivity contribution in [3.63, 3.8) is 0 Å². The van der Waals surface area contributed by atoms with Crippen LogP contribution in [-0.2, 0) is 14.8 Å². The molecule has 26 heavy (non-hydrogen) atoms. The van der Waals surface area contributed by atoms with E-state index in [2.05, 4.69) is 20.9 Å². The fourth-order valence-electron chi connectivity index (χ4n) is 3.25. The van der Waals surface area contributed by atoms with Crippen LogP contribution in [-0.4, -0.2) is 80.7 Å². The van der Waals surface area contributed by atoms with Gasteiger partial charge in [0.1, 0.15) is 0 Å². The van der Waals surface area contributed by atoms with Gasteiger partial charge in [-0.15, -0.1) is 0 Å². The van der Waals surface area contributed by atoms with Gasteiger partial charge in [0.15, 0.2) is 6.17 Å². The molecule has 8 heteroatoms. The SMILES string of the molecule is CC[N+](C)(CC)CCCN(C=O)C1C(=O)c2ccccc2S(=O)(=O)N1C. The van der Waals surface area contributed by atoms with Crippen LogP contribution in [0, 0.1) is 0 Å². The van der Waals surface area contributed by atoms with Gasteiger partial charge in [0.25, 0.3) is 0 Å². The third kappa shape index (κ3) is 3.67. The van der Waals surface area contributed by atoms with Crippen molar-refractivity contribution in [3.8, 4) is 0 Å². The Labute approximate surface area is 155 Å². The molecule has 0 bridgehead atoms. The summed E-state index contributed by atoms with van der Waals surface area (Å²) in [4.78, 5) is 25.8. The molecule has 1 aliphatic heterocycles. The van der Waals surface area contributed by atoms with Crippen LogP contribution in [0.2, 0.25) is 0 Å². The van der Waals surface area contributed by atoms with E-state index in [0.717, 1.165) is 28.4 Å². The Hall–Kier alpha value is -1.77. The first-order chi connectivity index (χ1) is 12.2. The third-order valence-electron chi connectivity index (χ3n) is 5.48. The Morgan fingerprint density at radius 1 is 1.23 bits per heavy atom. The molecule has 7 nitrogen and oxygen atoms in total.